The molecular weight excluding hydrogens is 381 g/mol. The molecule has 0 unspecified atom stereocenters. The molecule has 27 heavy (non-hydrogen) atoms. The summed E-state index contributed by atoms with van der Waals surface area (Å²) in [4.78, 5) is 17.1. The normalized spacial score (nSPS) is 12.1. The summed E-state index contributed by atoms with van der Waals surface area (Å²) in [5.74, 6) is 0.336. The van der Waals surface area contributed by atoms with Crippen LogP contribution >= 0.6 is 11.3 Å². The van der Waals surface area contributed by atoms with Gasteiger partial charge in [-0.05, 0) is 37.3 Å². The first-order valence-electron chi connectivity index (χ1n) is 7.74. The first kappa shape index (κ1) is 19.0. The SMILES string of the molecule is COc1ccc(C(=O)/C=C/c2c(C(F)(F)F)nc3sc(C)cn23)cc1OC. The average molecular weight is 396 g/mol. The van der Waals surface area contributed by atoms with Crippen molar-refractivity contribution in [1.82, 2.24) is 9.38 Å². The molecule has 0 amide bonds. The molecule has 2 aromatic heterocycles. The fourth-order valence-electron chi connectivity index (χ4n) is 2.58. The van der Waals surface area contributed by atoms with Crippen LogP contribution in [0.25, 0.3) is 11.0 Å². The zero-order valence-corrected chi connectivity index (χ0v) is 15.4. The molecular formula is C18H15F3N2O3S. The molecule has 3 rings (SSSR count). The number of carbonyl (C=O) groups is 1. The second kappa shape index (κ2) is 7.07. The van der Waals surface area contributed by atoms with Crippen molar-refractivity contribution >= 4 is 28.2 Å². The number of nitrogens with zero attached hydrogens (tertiary/aromatic N) is 2. The molecule has 0 aliphatic heterocycles. The maximum Gasteiger partial charge on any atom is 0.435 e. The number of ketones is 1. The van der Waals surface area contributed by atoms with Crippen LogP contribution in [-0.4, -0.2) is 29.4 Å². The number of allylic oxidation sites excluding steroid dienone is 1. The molecule has 0 aliphatic carbocycles. The average Bonchev–Trinajstić information content (AvgIpc) is 3.15. The molecule has 0 bridgehead atoms. The van der Waals surface area contributed by atoms with E-state index in [1.54, 1.807) is 19.2 Å². The number of rotatable bonds is 5. The summed E-state index contributed by atoms with van der Waals surface area (Å²) in [5.41, 5.74) is -0.944. The summed E-state index contributed by atoms with van der Waals surface area (Å²) in [6.07, 6.45) is -0.838. The second-order valence-corrected chi connectivity index (χ2v) is 6.82. The predicted molar refractivity (Wildman–Crippen MR) is 95.7 cm³/mol. The van der Waals surface area contributed by atoms with E-state index in [4.69, 9.17) is 9.47 Å². The number of carbonyl (C=O) groups excluding carboxylic acids is 1. The number of benzene rings is 1. The molecule has 2 heterocycles. The molecule has 3 aromatic rings. The second-order valence-electron chi connectivity index (χ2n) is 5.61. The summed E-state index contributed by atoms with van der Waals surface area (Å²) in [5, 5.41) is 0. The van der Waals surface area contributed by atoms with Gasteiger partial charge in [-0.15, -0.1) is 11.3 Å². The molecule has 0 fully saturated rings. The number of ether oxygens (including phenoxy) is 2. The summed E-state index contributed by atoms with van der Waals surface area (Å²) < 4.78 is 51.4. The van der Waals surface area contributed by atoms with E-state index in [-0.39, 0.29) is 16.2 Å². The molecule has 0 N–H and O–H groups in total. The van der Waals surface area contributed by atoms with Gasteiger partial charge in [-0.2, -0.15) is 13.2 Å². The number of hydrogen-bond donors (Lipinski definition) is 0. The van der Waals surface area contributed by atoms with Gasteiger partial charge in [0.15, 0.2) is 27.9 Å². The summed E-state index contributed by atoms with van der Waals surface area (Å²) in [7, 11) is 2.89. The first-order valence-corrected chi connectivity index (χ1v) is 8.56. The van der Waals surface area contributed by atoms with Crippen LogP contribution in [0.3, 0.4) is 0 Å². The number of imidazole rings is 1. The Morgan fingerprint density at radius 2 is 1.93 bits per heavy atom. The summed E-state index contributed by atoms with van der Waals surface area (Å²) >= 11 is 1.15. The third kappa shape index (κ3) is 3.68. The predicted octanol–water partition coefficient (Wildman–Crippen LogP) is 4.64. The van der Waals surface area contributed by atoms with Crippen LogP contribution in [-0.2, 0) is 6.18 Å². The summed E-state index contributed by atoms with van der Waals surface area (Å²) in [6, 6.07) is 4.54. The van der Waals surface area contributed by atoms with Crippen LogP contribution in [0.1, 0.15) is 26.6 Å². The van der Waals surface area contributed by atoms with E-state index in [0.717, 1.165) is 28.4 Å². The van der Waals surface area contributed by atoms with E-state index in [9.17, 15) is 18.0 Å². The molecule has 0 saturated heterocycles. The molecule has 1 aromatic carbocycles. The Morgan fingerprint density at radius 3 is 2.56 bits per heavy atom. The molecule has 142 valence electrons. The lowest BCUT2D eigenvalue weighted by atomic mass is 10.1. The van der Waals surface area contributed by atoms with Gasteiger partial charge in [-0.25, -0.2) is 4.98 Å². The molecule has 5 nitrogen and oxygen atoms in total. The van der Waals surface area contributed by atoms with Crippen molar-refractivity contribution in [2.24, 2.45) is 0 Å². The first-order chi connectivity index (χ1) is 12.7. The van der Waals surface area contributed by atoms with Gasteiger partial charge in [0.25, 0.3) is 0 Å². The monoisotopic (exact) mass is 396 g/mol. The maximum absolute atomic E-state index is 13.3. The zero-order chi connectivity index (χ0) is 19.8. The van der Waals surface area contributed by atoms with Gasteiger partial charge in [-0.3, -0.25) is 9.20 Å². The number of fused-ring (bicyclic) bond motifs is 1. The number of aryl methyl sites for hydroxylation is 1. The van der Waals surface area contributed by atoms with Gasteiger partial charge >= 0.3 is 6.18 Å². The number of aromatic nitrogens is 2. The number of hydrogen-bond acceptors (Lipinski definition) is 5. The van der Waals surface area contributed by atoms with E-state index in [0.29, 0.717) is 11.5 Å². The van der Waals surface area contributed by atoms with E-state index in [1.807, 2.05) is 0 Å². The highest BCUT2D eigenvalue weighted by Gasteiger charge is 2.37. The molecule has 0 aliphatic rings. The van der Waals surface area contributed by atoms with Crippen LogP contribution in [0.5, 0.6) is 11.5 Å². The standard InChI is InChI=1S/C18H15F3N2O3S/c1-10-9-23-12(16(18(19,20)21)22-17(23)27-10)5-6-13(24)11-4-7-14(25-2)15(8-11)26-3/h4-9H,1-3H3/b6-5+. The van der Waals surface area contributed by atoms with Crippen LogP contribution in [0.4, 0.5) is 13.2 Å². The molecule has 0 saturated carbocycles. The van der Waals surface area contributed by atoms with Gasteiger partial charge in [-0.1, -0.05) is 0 Å². The number of methoxy groups -OCH3 is 2. The van der Waals surface area contributed by atoms with Crippen molar-refractivity contribution in [3.05, 3.63) is 52.3 Å². The van der Waals surface area contributed by atoms with Crippen molar-refractivity contribution in [1.29, 1.82) is 0 Å². The highest BCUT2D eigenvalue weighted by Crippen LogP contribution is 2.34. The van der Waals surface area contributed by atoms with Crippen LogP contribution in [0.15, 0.2) is 30.5 Å². The molecule has 0 radical (unpaired) electrons. The van der Waals surface area contributed by atoms with Crippen LogP contribution < -0.4 is 9.47 Å². The van der Waals surface area contributed by atoms with Crippen molar-refractivity contribution in [3.63, 3.8) is 0 Å². The van der Waals surface area contributed by atoms with Gasteiger partial charge in [0.1, 0.15) is 0 Å². The van der Waals surface area contributed by atoms with Gasteiger partial charge in [0.05, 0.1) is 19.9 Å². The Morgan fingerprint density at radius 1 is 1.22 bits per heavy atom. The molecule has 0 atom stereocenters. The quantitative estimate of drug-likeness (QED) is 0.466. The third-order valence-corrected chi connectivity index (χ3v) is 4.71. The third-order valence-electron chi connectivity index (χ3n) is 3.81. The Bertz CT molecular complexity index is 1030. The number of alkyl halides is 3. The molecule has 0 spiro atoms. The highest BCUT2D eigenvalue weighted by atomic mass is 32.1. The number of halogens is 3. The Labute approximate surface area is 156 Å². The lowest BCUT2D eigenvalue weighted by Crippen LogP contribution is -2.08. The van der Waals surface area contributed by atoms with E-state index < -0.39 is 17.7 Å². The Balaban J connectivity index is 1.99. The van der Waals surface area contributed by atoms with Crippen molar-refractivity contribution in [2.75, 3.05) is 14.2 Å². The van der Waals surface area contributed by atoms with Gasteiger partial charge in [0, 0.05) is 16.6 Å². The number of thiazole rings is 1. The lowest BCUT2D eigenvalue weighted by molar-refractivity contribution is -0.140. The molecule has 9 heteroatoms. The lowest BCUT2D eigenvalue weighted by Gasteiger charge is -2.08. The minimum atomic E-state index is -4.62. The highest BCUT2D eigenvalue weighted by molar-refractivity contribution is 7.17. The Hall–Kier alpha value is -2.81. The maximum atomic E-state index is 13.3. The minimum Gasteiger partial charge on any atom is -0.493 e. The fraction of sp³-hybridized carbons (Fsp3) is 0.222. The van der Waals surface area contributed by atoms with E-state index in [2.05, 4.69) is 4.98 Å². The smallest absolute Gasteiger partial charge is 0.435 e. The zero-order valence-electron chi connectivity index (χ0n) is 14.6. The topological polar surface area (TPSA) is 52.8 Å². The minimum absolute atomic E-state index is 0.185. The van der Waals surface area contributed by atoms with E-state index in [1.165, 1.54) is 30.8 Å². The largest absolute Gasteiger partial charge is 0.493 e. The van der Waals surface area contributed by atoms with Crippen LogP contribution in [0.2, 0.25) is 0 Å². The van der Waals surface area contributed by atoms with Crippen molar-refractivity contribution in [3.8, 4) is 11.5 Å². The van der Waals surface area contributed by atoms with Gasteiger partial charge < -0.3 is 9.47 Å². The summed E-state index contributed by atoms with van der Waals surface area (Å²) in [6.45, 7) is 1.77. The van der Waals surface area contributed by atoms with Crippen LogP contribution in [0, 0.1) is 6.92 Å². The van der Waals surface area contributed by atoms with Crippen molar-refractivity contribution in [2.45, 2.75) is 13.1 Å². The Kier molecular flexibility index (Phi) is 4.97. The van der Waals surface area contributed by atoms with Crippen molar-refractivity contribution < 1.29 is 27.4 Å². The fourth-order valence-corrected chi connectivity index (χ4v) is 3.41. The van der Waals surface area contributed by atoms with Gasteiger partial charge in [0.2, 0.25) is 0 Å². The van der Waals surface area contributed by atoms with E-state index >= 15 is 0 Å².